The van der Waals surface area contributed by atoms with Gasteiger partial charge in [0, 0.05) is 12.6 Å². The van der Waals surface area contributed by atoms with E-state index in [2.05, 4.69) is 46.5 Å². The van der Waals surface area contributed by atoms with Crippen molar-refractivity contribution >= 4 is 15.9 Å². The van der Waals surface area contributed by atoms with Crippen LogP contribution in [-0.4, -0.2) is 16.4 Å². The van der Waals surface area contributed by atoms with Gasteiger partial charge in [0.15, 0.2) is 0 Å². The van der Waals surface area contributed by atoms with E-state index in [9.17, 15) is 0 Å². The van der Waals surface area contributed by atoms with E-state index >= 15 is 0 Å². The van der Waals surface area contributed by atoms with Crippen molar-refractivity contribution in [3.05, 3.63) is 16.4 Å². The van der Waals surface area contributed by atoms with Gasteiger partial charge in [-0.25, -0.2) is 0 Å². The van der Waals surface area contributed by atoms with Gasteiger partial charge >= 0.3 is 0 Å². The molecule has 0 aliphatic carbocycles. The molecule has 0 N–H and O–H groups in total. The minimum absolute atomic E-state index is 0.427. The molecule has 3 nitrogen and oxygen atoms in total. The lowest BCUT2D eigenvalue weighted by molar-refractivity contribution is 0.110. The van der Waals surface area contributed by atoms with Crippen LogP contribution in [0.3, 0.4) is 0 Å². The second-order valence-corrected chi connectivity index (χ2v) is 4.90. The maximum atomic E-state index is 5.64. The van der Waals surface area contributed by atoms with Crippen molar-refractivity contribution in [3.63, 3.8) is 0 Å². The Morgan fingerprint density at radius 1 is 1.50 bits per heavy atom. The van der Waals surface area contributed by atoms with Crippen LogP contribution in [0.4, 0.5) is 0 Å². The zero-order valence-electron chi connectivity index (χ0n) is 10.4. The standard InChI is InChI=1S/C12H21BrN2O/c1-4-6-7-16-9-12-11(13)8-14-15(12)10(3)5-2/h8,10H,4-7,9H2,1-3H3/t10-/m0/s1. The number of ether oxygens (including phenoxy) is 1. The third-order valence-corrected chi connectivity index (χ3v) is 3.40. The molecule has 92 valence electrons. The number of hydrogen-bond acceptors (Lipinski definition) is 2. The fourth-order valence-corrected chi connectivity index (χ4v) is 1.86. The van der Waals surface area contributed by atoms with E-state index in [0.29, 0.717) is 12.6 Å². The predicted molar refractivity (Wildman–Crippen MR) is 69.5 cm³/mol. The molecular formula is C12H21BrN2O. The van der Waals surface area contributed by atoms with Gasteiger partial charge in [0.2, 0.25) is 0 Å². The summed E-state index contributed by atoms with van der Waals surface area (Å²) < 4.78 is 8.74. The minimum atomic E-state index is 0.427. The molecule has 1 aromatic heterocycles. The molecule has 0 bridgehead atoms. The van der Waals surface area contributed by atoms with Gasteiger partial charge in [0.1, 0.15) is 0 Å². The molecule has 0 unspecified atom stereocenters. The molecule has 0 aliphatic rings. The van der Waals surface area contributed by atoms with E-state index in [-0.39, 0.29) is 0 Å². The van der Waals surface area contributed by atoms with Crippen LogP contribution in [0, 0.1) is 0 Å². The molecule has 0 spiro atoms. The number of unbranched alkanes of at least 4 members (excludes halogenated alkanes) is 1. The zero-order valence-corrected chi connectivity index (χ0v) is 12.0. The second kappa shape index (κ2) is 7.07. The Morgan fingerprint density at radius 2 is 2.25 bits per heavy atom. The maximum absolute atomic E-state index is 5.64. The number of halogens is 1. The van der Waals surface area contributed by atoms with Gasteiger partial charge in [-0.05, 0) is 35.7 Å². The van der Waals surface area contributed by atoms with Crippen molar-refractivity contribution in [1.82, 2.24) is 9.78 Å². The van der Waals surface area contributed by atoms with Crippen LogP contribution < -0.4 is 0 Å². The summed E-state index contributed by atoms with van der Waals surface area (Å²) in [6.45, 7) is 7.99. The summed E-state index contributed by atoms with van der Waals surface area (Å²) >= 11 is 3.52. The average molecular weight is 289 g/mol. The monoisotopic (exact) mass is 288 g/mol. The average Bonchev–Trinajstić information content (AvgIpc) is 2.65. The Kier molecular flexibility index (Phi) is 6.06. The highest BCUT2D eigenvalue weighted by Crippen LogP contribution is 2.21. The van der Waals surface area contributed by atoms with Gasteiger partial charge in [-0.2, -0.15) is 5.10 Å². The fraction of sp³-hybridized carbons (Fsp3) is 0.750. The molecule has 4 heteroatoms. The highest BCUT2D eigenvalue weighted by Gasteiger charge is 2.12. The van der Waals surface area contributed by atoms with E-state index in [1.807, 2.05) is 6.20 Å². The normalized spacial score (nSPS) is 13.0. The van der Waals surface area contributed by atoms with Crippen LogP contribution in [0.5, 0.6) is 0 Å². The van der Waals surface area contributed by atoms with E-state index in [0.717, 1.165) is 29.6 Å². The highest BCUT2D eigenvalue weighted by molar-refractivity contribution is 9.10. The molecule has 1 rings (SSSR count). The lowest BCUT2D eigenvalue weighted by Gasteiger charge is -2.14. The smallest absolute Gasteiger partial charge is 0.0896 e. The summed E-state index contributed by atoms with van der Waals surface area (Å²) in [7, 11) is 0. The van der Waals surface area contributed by atoms with Crippen LogP contribution in [0.2, 0.25) is 0 Å². The molecule has 0 aromatic carbocycles. The van der Waals surface area contributed by atoms with E-state index in [1.165, 1.54) is 6.42 Å². The SMILES string of the molecule is CCCCOCc1c(Br)cnn1[C@@H](C)CC. The molecule has 0 fully saturated rings. The van der Waals surface area contributed by atoms with Crippen LogP contribution in [0.25, 0.3) is 0 Å². The summed E-state index contributed by atoms with van der Waals surface area (Å²) in [6.07, 6.45) is 5.22. The molecule has 0 saturated heterocycles. The first-order chi connectivity index (χ1) is 7.70. The topological polar surface area (TPSA) is 27.1 Å². The van der Waals surface area contributed by atoms with Crippen molar-refractivity contribution in [2.24, 2.45) is 0 Å². The molecule has 0 amide bonds. The highest BCUT2D eigenvalue weighted by atomic mass is 79.9. The van der Waals surface area contributed by atoms with Crippen molar-refractivity contribution in [1.29, 1.82) is 0 Å². The largest absolute Gasteiger partial charge is 0.375 e. The van der Waals surface area contributed by atoms with Crippen molar-refractivity contribution < 1.29 is 4.74 Å². The van der Waals surface area contributed by atoms with Crippen molar-refractivity contribution in [3.8, 4) is 0 Å². The molecule has 1 aromatic rings. The minimum Gasteiger partial charge on any atom is -0.375 e. The third-order valence-electron chi connectivity index (χ3n) is 2.74. The van der Waals surface area contributed by atoms with Gasteiger partial charge in [0.05, 0.1) is 23.0 Å². The van der Waals surface area contributed by atoms with Gasteiger partial charge in [-0.3, -0.25) is 4.68 Å². The molecule has 0 radical (unpaired) electrons. The van der Waals surface area contributed by atoms with Gasteiger partial charge < -0.3 is 4.74 Å². The van der Waals surface area contributed by atoms with Gasteiger partial charge in [-0.1, -0.05) is 20.3 Å². The zero-order chi connectivity index (χ0) is 12.0. The summed E-state index contributed by atoms with van der Waals surface area (Å²) in [5, 5.41) is 4.38. The Hall–Kier alpha value is -0.350. The molecule has 0 aliphatic heterocycles. The fourth-order valence-electron chi connectivity index (χ4n) is 1.47. The maximum Gasteiger partial charge on any atom is 0.0896 e. The first kappa shape index (κ1) is 13.7. The molecule has 1 heterocycles. The van der Waals surface area contributed by atoms with Crippen molar-refractivity contribution in [2.45, 2.75) is 52.7 Å². The lowest BCUT2D eigenvalue weighted by Crippen LogP contribution is -2.11. The quantitative estimate of drug-likeness (QED) is 0.711. The van der Waals surface area contributed by atoms with Crippen LogP contribution >= 0.6 is 15.9 Å². The summed E-state index contributed by atoms with van der Waals surface area (Å²) in [5.74, 6) is 0. The Balaban J connectivity index is 2.59. The summed E-state index contributed by atoms with van der Waals surface area (Å²) in [5.41, 5.74) is 1.14. The van der Waals surface area contributed by atoms with Crippen molar-refractivity contribution in [2.75, 3.05) is 6.61 Å². The Bertz CT molecular complexity index is 312. The second-order valence-electron chi connectivity index (χ2n) is 4.05. The van der Waals surface area contributed by atoms with Gasteiger partial charge in [-0.15, -0.1) is 0 Å². The van der Waals surface area contributed by atoms with Crippen LogP contribution in [-0.2, 0) is 11.3 Å². The predicted octanol–water partition coefficient (Wildman–Crippen LogP) is 3.93. The van der Waals surface area contributed by atoms with E-state index < -0.39 is 0 Å². The number of rotatable bonds is 7. The summed E-state index contributed by atoms with van der Waals surface area (Å²) in [6, 6.07) is 0.427. The molecule has 0 saturated carbocycles. The Morgan fingerprint density at radius 3 is 2.88 bits per heavy atom. The first-order valence-corrected chi connectivity index (χ1v) is 6.79. The molecule has 16 heavy (non-hydrogen) atoms. The number of hydrogen-bond donors (Lipinski definition) is 0. The molecular weight excluding hydrogens is 268 g/mol. The first-order valence-electron chi connectivity index (χ1n) is 6.00. The van der Waals surface area contributed by atoms with Crippen LogP contribution in [0.15, 0.2) is 10.7 Å². The van der Waals surface area contributed by atoms with E-state index in [1.54, 1.807) is 0 Å². The van der Waals surface area contributed by atoms with Gasteiger partial charge in [0.25, 0.3) is 0 Å². The van der Waals surface area contributed by atoms with Crippen LogP contribution in [0.1, 0.15) is 51.8 Å². The Labute approximate surface area is 106 Å². The van der Waals surface area contributed by atoms with E-state index in [4.69, 9.17) is 4.74 Å². The third kappa shape index (κ3) is 3.59. The number of aromatic nitrogens is 2. The summed E-state index contributed by atoms with van der Waals surface area (Å²) in [4.78, 5) is 0. The lowest BCUT2D eigenvalue weighted by atomic mass is 10.2. The molecule has 1 atom stereocenters. The number of nitrogens with zero attached hydrogens (tertiary/aromatic N) is 2.